The van der Waals surface area contributed by atoms with Crippen LogP contribution < -0.4 is 10.6 Å². The van der Waals surface area contributed by atoms with Crippen molar-refractivity contribution in [1.29, 1.82) is 5.26 Å². The average Bonchev–Trinajstić information content (AvgIpc) is 2.91. The van der Waals surface area contributed by atoms with Crippen molar-refractivity contribution >= 4 is 50.0 Å². The van der Waals surface area contributed by atoms with Crippen molar-refractivity contribution in [3.05, 3.63) is 52.6 Å². The fourth-order valence-corrected chi connectivity index (χ4v) is 3.08. The van der Waals surface area contributed by atoms with Crippen molar-refractivity contribution in [3.8, 4) is 6.07 Å². The fourth-order valence-electron chi connectivity index (χ4n) is 1.95. The first kappa shape index (κ1) is 16.1. The molecule has 0 bridgehead atoms. The number of nitriles is 1. The molecule has 5 nitrogen and oxygen atoms in total. The molecule has 2 aromatic carbocycles. The number of carbonyl (C=O) groups is 1. The average molecular weight is 365 g/mol. The molecule has 2 amide bonds. The Balaban J connectivity index is 1.78. The van der Waals surface area contributed by atoms with Crippen LogP contribution in [0.4, 0.5) is 24.4 Å². The maximum Gasteiger partial charge on any atom is 0.325 e. The van der Waals surface area contributed by atoms with E-state index < -0.39 is 17.7 Å². The number of nitrogens with one attached hydrogen (secondary N) is 2. The molecule has 2 N–H and O–H groups in total. The maximum atomic E-state index is 13.6. The summed E-state index contributed by atoms with van der Waals surface area (Å²) >= 11 is 6.90. The second-order valence-electron chi connectivity index (χ2n) is 4.64. The summed E-state index contributed by atoms with van der Waals surface area (Å²) in [5.41, 5.74) is 0.634. The quantitative estimate of drug-likeness (QED) is 0.689. The molecule has 0 atom stereocenters. The molecule has 120 valence electrons. The predicted octanol–water partition coefficient (Wildman–Crippen LogP) is 4.74. The van der Waals surface area contributed by atoms with Crippen LogP contribution in [0.5, 0.6) is 0 Å². The van der Waals surface area contributed by atoms with Crippen molar-refractivity contribution in [3.63, 3.8) is 0 Å². The van der Waals surface area contributed by atoms with Gasteiger partial charge in [0.1, 0.15) is 11.3 Å². The molecule has 3 aromatic rings. The minimum Gasteiger partial charge on any atom is -0.306 e. The zero-order valence-corrected chi connectivity index (χ0v) is 13.3. The van der Waals surface area contributed by atoms with E-state index in [1.807, 2.05) is 6.07 Å². The van der Waals surface area contributed by atoms with E-state index in [9.17, 15) is 13.6 Å². The molecule has 1 heterocycles. The van der Waals surface area contributed by atoms with Gasteiger partial charge in [-0.15, -0.1) is 0 Å². The number of anilines is 2. The maximum absolute atomic E-state index is 13.6. The van der Waals surface area contributed by atoms with Crippen LogP contribution in [-0.4, -0.2) is 11.0 Å². The van der Waals surface area contributed by atoms with Crippen LogP contribution in [0, 0.1) is 23.0 Å². The van der Waals surface area contributed by atoms with E-state index in [0.29, 0.717) is 11.3 Å². The summed E-state index contributed by atoms with van der Waals surface area (Å²) in [6, 6.07) is 7.52. The number of thiazole rings is 1. The highest BCUT2D eigenvalue weighted by molar-refractivity contribution is 7.22. The number of amides is 2. The lowest BCUT2D eigenvalue weighted by atomic mass is 10.2. The smallest absolute Gasteiger partial charge is 0.306 e. The Morgan fingerprint density at radius 2 is 2.04 bits per heavy atom. The zero-order chi connectivity index (χ0) is 17.3. The highest BCUT2D eigenvalue weighted by Gasteiger charge is 2.13. The largest absolute Gasteiger partial charge is 0.325 e. The van der Waals surface area contributed by atoms with Gasteiger partial charge in [0, 0.05) is 6.07 Å². The Bertz CT molecular complexity index is 999. The first-order valence-corrected chi connectivity index (χ1v) is 7.69. The van der Waals surface area contributed by atoms with Crippen LogP contribution in [0.1, 0.15) is 5.56 Å². The molecule has 24 heavy (non-hydrogen) atoms. The summed E-state index contributed by atoms with van der Waals surface area (Å²) < 4.78 is 27.0. The van der Waals surface area contributed by atoms with Crippen LogP contribution in [-0.2, 0) is 0 Å². The molecule has 0 radical (unpaired) electrons. The van der Waals surface area contributed by atoms with Gasteiger partial charge >= 0.3 is 6.03 Å². The summed E-state index contributed by atoms with van der Waals surface area (Å²) in [4.78, 5) is 15.9. The molecule has 0 spiro atoms. The summed E-state index contributed by atoms with van der Waals surface area (Å²) in [5, 5.41) is 14.0. The number of urea groups is 1. The van der Waals surface area contributed by atoms with Gasteiger partial charge < -0.3 is 5.32 Å². The number of hydrogen-bond acceptors (Lipinski definition) is 4. The van der Waals surface area contributed by atoms with E-state index in [1.54, 1.807) is 0 Å². The highest BCUT2D eigenvalue weighted by atomic mass is 35.5. The third-order valence-electron chi connectivity index (χ3n) is 2.98. The number of halogens is 3. The first-order chi connectivity index (χ1) is 11.5. The van der Waals surface area contributed by atoms with Gasteiger partial charge in [0.05, 0.1) is 27.0 Å². The van der Waals surface area contributed by atoms with E-state index in [0.717, 1.165) is 23.5 Å². The lowest BCUT2D eigenvalue weighted by molar-refractivity contribution is 0.262. The summed E-state index contributed by atoms with van der Waals surface area (Å²) in [7, 11) is 0. The number of carbonyl (C=O) groups excluding carboxylic acids is 1. The van der Waals surface area contributed by atoms with E-state index in [-0.39, 0.29) is 20.4 Å². The van der Waals surface area contributed by atoms with Crippen molar-refractivity contribution in [2.75, 3.05) is 10.6 Å². The molecule has 0 aliphatic heterocycles. The highest BCUT2D eigenvalue weighted by Crippen LogP contribution is 2.29. The molecule has 0 aliphatic rings. The topological polar surface area (TPSA) is 77.8 Å². The number of fused-ring (bicyclic) bond motifs is 1. The van der Waals surface area contributed by atoms with Crippen LogP contribution in [0.3, 0.4) is 0 Å². The van der Waals surface area contributed by atoms with Gasteiger partial charge in [-0.25, -0.2) is 18.6 Å². The predicted molar refractivity (Wildman–Crippen MR) is 88.3 cm³/mol. The number of nitrogens with zero attached hydrogens (tertiary/aromatic N) is 2. The fraction of sp³-hybridized carbons (Fsp3) is 0. The molecule has 9 heteroatoms. The molecule has 0 aliphatic carbocycles. The van der Waals surface area contributed by atoms with Gasteiger partial charge in [-0.05, 0) is 24.3 Å². The lowest BCUT2D eigenvalue weighted by Gasteiger charge is -2.07. The Labute approximate surface area is 143 Å². The van der Waals surface area contributed by atoms with Gasteiger partial charge in [0.2, 0.25) is 0 Å². The van der Waals surface area contributed by atoms with Gasteiger partial charge in [-0.3, -0.25) is 5.32 Å². The van der Waals surface area contributed by atoms with E-state index in [2.05, 4.69) is 15.6 Å². The van der Waals surface area contributed by atoms with Gasteiger partial charge in [-0.1, -0.05) is 22.9 Å². The molecular weight excluding hydrogens is 358 g/mol. The second kappa shape index (κ2) is 6.39. The van der Waals surface area contributed by atoms with E-state index in [1.165, 1.54) is 18.2 Å². The van der Waals surface area contributed by atoms with Crippen LogP contribution >= 0.6 is 22.9 Å². The monoisotopic (exact) mass is 364 g/mol. The normalized spacial score (nSPS) is 10.4. The zero-order valence-electron chi connectivity index (χ0n) is 11.7. The first-order valence-electron chi connectivity index (χ1n) is 6.49. The molecule has 0 saturated heterocycles. The Kier molecular flexibility index (Phi) is 4.29. The second-order valence-corrected chi connectivity index (χ2v) is 6.08. The molecule has 0 unspecified atom stereocenters. The number of aromatic nitrogens is 1. The van der Waals surface area contributed by atoms with E-state index >= 15 is 0 Å². The number of rotatable bonds is 2. The van der Waals surface area contributed by atoms with Gasteiger partial charge in [0.15, 0.2) is 10.9 Å². The minimum absolute atomic E-state index is 0.0203. The molecule has 0 saturated carbocycles. The summed E-state index contributed by atoms with van der Waals surface area (Å²) in [6.07, 6.45) is 0. The molecule has 3 rings (SSSR count). The Hall–Kier alpha value is -2.76. The summed E-state index contributed by atoms with van der Waals surface area (Å²) in [5.74, 6) is -1.52. The standard InChI is InChI=1S/C15H7ClF2N4OS/c16-9-3-7(6-19)1-2-11(9)20-14(23)22-15-21-13-10(18)4-8(17)5-12(13)24-15/h1-5H,(H2,20,21,22,23). The summed E-state index contributed by atoms with van der Waals surface area (Å²) in [6.45, 7) is 0. The van der Waals surface area contributed by atoms with Crippen molar-refractivity contribution in [2.45, 2.75) is 0 Å². The Morgan fingerprint density at radius 1 is 1.25 bits per heavy atom. The van der Waals surface area contributed by atoms with Crippen LogP contribution in [0.2, 0.25) is 5.02 Å². The lowest BCUT2D eigenvalue weighted by Crippen LogP contribution is -2.19. The third-order valence-corrected chi connectivity index (χ3v) is 4.21. The molecule has 1 aromatic heterocycles. The Morgan fingerprint density at radius 3 is 2.75 bits per heavy atom. The van der Waals surface area contributed by atoms with Gasteiger partial charge in [-0.2, -0.15) is 5.26 Å². The number of hydrogen-bond donors (Lipinski definition) is 2. The minimum atomic E-state index is -0.801. The van der Waals surface area contributed by atoms with E-state index in [4.69, 9.17) is 16.9 Å². The van der Waals surface area contributed by atoms with Crippen LogP contribution in [0.25, 0.3) is 10.2 Å². The van der Waals surface area contributed by atoms with Crippen molar-refractivity contribution < 1.29 is 13.6 Å². The molecule has 0 fully saturated rings. The molecular formula is C15H7ClF2N4OS. The number of benzene rings is 2. The third kappa shape index (κ3) is 3.27. The SMILES string of the molecule is N#Cc1ccc(NC(=O)Nc2nc3c(F)cc(F)cc3s2)c(Cl)c1. The van der Waals surface area contributed by atoms with Crippen molar-refractivity contribution in [2.24, 2.45) is 0 Å². The van der Waals surface area contributed by atoms with Gasteiger partial charge in [0.25, 0.3) is 0 Å². The van der Waals surface area contributed by atoms with Crippen molar-refractivity contribution in [1.82, 2.24) is 4.98 Å². The van der Waals surface area contributed by atoms with Crippen LogP contribution in [0.15, 0.2) is 30.3 Å².